The molecule has 13 heavy (non-hydrogen) atoms. The molecule has 1 fully saturated rings. The molecule has 76 valence electrons. The fourth-order valence-corrected chi connectivity index (χ4v) is 1.74. The molecule has 1 amide bonds. The van der Waals surface area contributed by atoms with Crippen LogP contribution in [0, 0.1) is 0 Å². The van der Waals surface area contributed by atoms with E-state index in [9.17, 15) is 4.79 Å². The zero-order chi connectivity index (χ0) is 9.52. The zero-order valence-corrected chi connectivity index (χ0v) is 8.42. The van der Waals surface area contributed by atoms with Gasteiger partial charge >= 0.3 is 6.09 Å². The summed E-state index contributed by atoms with van der Waals surface area (Å²) in [5.74, 6) is 0. The molecule has 1 aliphatic heterocycles. The standard InChI is InChI=1S/C10H19NO2/c1-13-10(12)11-8-6-4-2-3-5-7-9-11/h2-9H2,1H3. The molecular weight excluding hydrogens is 166 g/mol. The second kappa shape index (κ2) is 5.84. The Balaban J connectivity index is 2.36. The highest BCUT2D eigenvalue weighted by atomic mass is 16.5. The van der Waals surface area contributed by atoms with Crippen LogP contribution in [0.2, 0.25) is 0 Å². The van der Waals surface area contributed by atoms with Crippen molar-refractivity contribution < 1.29 is 9.53 Å². The van der Waals surface area contributed by atoms with Gasteiger partial charge in [0.15, 0.2) is 0 Å². The predicted octanol–water partition coefficient (Wildman–Crippen LogP) is 2.41. The monoisotopic (exact) mass is 185 g/mol. The number of methoxy groups -OCH3 is 1. The molecule has 0 aromatic rings. The Kier molecular flexibility index (Phi) is 4.65. The van der Waals surface area contributed by atoms with Crippen molar-refractivity contribution in [2.45, 2.75) is 38.5 Å². The van der Waals surface area contributed by atoms with Gasteiger partial charge in [0.1, 0.15) is 0 Å². The van der Waals surface area contributed by atoms with Gasteiger partial charge in [-0.25, -0.2) is 4.79 Å². The van der Waals surface area contributed by atoms with E-state index in [-0.39, 0.29) is 6.09 Å². The van der Waals surface area contributed by atoms with Crippen molar-refractivity contribution in [3.8, 4) is 0 Å². The highest BCUT2D eigenvalue weighted by Crippen LogP contribution is 2.11. The average molecular weight is 185 g/mol. The smallest absolute Gasteiger partial charge is 0.409 e. The van der Waals surface area contributed by atoms with Gasteiger partial charge in [0.2, 0.25) is 0 Å². The minimum absolute atomic E-state index is 0.165. The lowest BCUT2D eigenvalue weighted by atomic mass is 10.1. The van der Waals surface area contributed by atoms with Gasteiger partial charge in [-0.05, 0) is 12.8 Å². The van der Waals surface area contributed by atoms with Crippen LogP contribution in [0.4, 0.5) is 4.79 Å². The summed E-state index contributed by atoms with van der Waals surface area (Å²) in [6.07, 6.45) is 7.19. The van der Waals surface area contributed by atoms with Gasteiger partial charge in [0.25, 0.3) is 0 Å². The van der Waals surface area contributed by atoms with E-state index in [1.165, 1.54) is 32.8 Å². The summed E-state index contributed by atoms with van der Waals surface area (Å²) in [4.78, 5) is 13.1. The Morgan fingerprint density at radius 2 is 1.46 bits per heavy atom. The fourth-order valence-electron chi connectivity index (χ4n) is 1.74. The Labute approximate surface area is 80.1 Å². The van der Waals surface area contributed by atoms with Crippen LogP contribution in [0.5, 0.6) is 0 Å². The van der Waals surface area contributed by atoms with E-state index in [4.69, 9.17) is 4.74 Å². The summed E-state index contributed by atoms with van der Waals surface area (Å²) >= 11 is 0. The molecule has 0 bridgehead atoms. The second-order valence-corrected chi connectivity index (χ2v) is 3.58. The van der Waals surface area contributed by atoms with Crippen molar-refractivity contribution in [3.05, 3.63) is 0 Å². The van der Waals surface area contributed by atoms with E-state index < -0.39 is 0 Å². The van der Waals surface area contributed by atoms with Crippen molar-refractivity contribution in [3.63, 3.8) is 0 Å². The van der Waals surface area contributed by atoms with Crippen LogP contribution < -0.4 is 0 Å². The van der Waals surface area contributed by atoms with Crippen LogP contribution in [0.15, 0.2) is 0 Å². The molecule has 1 rings (SSSR count). The summed E-state index contributed by atoms with van der Waals surface area (Å²) in [6.45, 7) is 1.74. The van der Waals surface area contributed by atoms with Crippen molar-refractivity contribution in [1.82, 2.24) is 4.90 Å². The third kappa shape index (κ3) is 3.66. The largest absolute Gasteiger partial charge is 0.453 e. The average Bonchev–Trinajstić information content (AvgIpc) is 2.29. The number of carbonyl (C=O) groups is 1. The third-order valence-electron chi connectivity index (χ3n) is 2.54. The van der Waals surface area contributed by atoms with E-state index in [0.29, 0.717) is 0 Å². The fraction of sp³-hybridized carbons (Fsp3) is 0.900. The first-order chi connectivity index (χ1) is 6.34. The number of nitrogens with zero attached hydrogens (tertiary/aromatic N) is 1. The van der Waals surface area contributed by atoms with Crippen molar-refractivity contribution in [1.29, 1.82) is 0 Å². The molecule has 0 aliphatic carbocycles. The van der Waals surface area contributed by atoms with Gasteiger partial charge in [-0.3, -0.25) is 0 Å². The Bertz CT molecular complexity index is 149. The van der Waals surface area contributed by atoms with Crippen LogP contribution in [-0.4, -0.2) is 31.2 Å². The molecule has 1 saturated heterocycles. The van der Waals surface area contributed by atoms with Crippen LogP contribution in [0.3, 0.4) is 0 Å². The van der Waals surface area contributed by atoms with E-state index in [1.54, 1.807) is 0 Å². The highest BCUT2D eigenvalue weighted by molar-refractivity contribution is 5.67. The van der Waals surface area contributed by atoms with Gasteiger partial charge in [-0.15, -0.1) is 0 Å². The van der Waals surface area contributed by atoms with Crippen LogP contribution in [0.25, 0.3) is 0 Å². The highest BCUT2D eigenvalue weighted by Gasteiger charge is 2.13. The minimum atomic E-state index is -0.165. The van der Waals surface area contributed by atoms with E-state index in [0.717, 1.165) is 25.9 Å². The minimum Gasteiger partial charge on any atom is -0.453 e. The summed E-state index contributed by atoms with van der Waals surface area (Å²) < 4.78 is 4.71. The first-order valence-corrected chi connectivity index (χ1v) is 5.17. The van der Waals surface area contributed by atoms with E-state index >= 15 is 0 Å². The van der Waals surface area contributed by atoms with E-state index in [2.05, 4.69) is 0 Å². The number of hydrogen-bond donors (Lipinski definition) is 0. The molecule has 1 aliphatic rings. The maximum Gasteiger partial charge on any atom is 0.409 e. The summed E-state index contributed by atoms with van der Waals surface area (Å²) in [7, 11) is 1.45. The number of hydrogen-bond acceptors (Lipinski definition) is 2. The summed E-state index contributed by atoms with van der Waals surface area (Å²) in [5.41, 5.74) is 0. The SMILES string of the molecule is COC(=O)N1CCCCCCCC1. The second-order valence-electron chi connectivity index (χ2n) is 3.58. The van der Waals surface area contributed by atoms with Gasteiger partial charge < -0.3 is 9.64 Å². The quantitative estimate of drug-likeness (QED) is 0.580. The maximum atomic E-state index is 11.2. The first kappa shape index (κ1) is 10.4. The van der Waals surface area contributed by atoms with Gasteiger partial charge in [0, 0.05) is 13.1 Å². The number of ether oxygens (including phenoxy) is 1. The summed E-state index contributed by atoms with van der Waals surface area (Å²) in [6, 6.07) is 0. The maximum absolute atomic E-state index is 11.2. The lowest BCUT2D eigenvalue weighted by Crippen LogP contribution is -2.32. The molecule has 3 heteroatoms. The molecule has 0 unspecified atom stereocenters. The molecule has 3 nitrogen and oxygen atoms in total. The molecule has 0 radical (unpaired) electrons. The molecular formula is C10H19NO2. The van der Waals surface area contributed by atoms with Crippen molar-refractivity contribution in [2.24, 2.45) is 0 Å². The van der Waals surface area contributed by atoms with Gasteiger partial charge in [-0.1, -0.05) is 25.7 Å². The lowest BCUT2D eigenvalue weighted by molar-refractivity contribution is 0.122. The Morgan fingerprint density at radius 3 is 1.92 bits per heavy atom. The normalized spacial score (nSPS) is 19.9. The molecule has 0 saturated carbocycles. The van der Waals surface area contributed by atoms with Gasteiger partial charge in [-0.2, -0.15) is 0 Å². The van der Waals surface area contributed by atoms with Gasteiger partial charge in [0.05, 0.1) is 7.11 Å². The number of amides is 1. The van der Waals surface area contributed by atoms with Crippen molar-refractivity contribution in [2.75, 3.05) is 20.2 Å². The van der Waals surface area contributed by atoms with Crippen LogP contribution >= 0.6 is 0 Å². The first-order valence-electron chi connectivity index (χ1n) is 5.17. The Morgan fingerprint density at radius 1 is 1.00 bits per heavy atom. The van der Waals surface area contributed by atoms with E-state index in [1.807, 2.05) is 4.90 Å². The predicted molar refractivity (Wildman–Crippen MR) is 51.7 cm³/mol. The summed E-state index contributed by atoms with van der Waals surface area (Å²) in [5, 5.41) is 0. The molecule has 0 aromatic carbocycles. The molecule has 0 aromatic heterocycles. The lowest BCUT2D eigenvalue weighted by Gasteiger charge is -2.19. The van der Waals surface area contributed by atoms with Crippen LogP contribution in [0.1, 0.15) is 38.5 Å². The topological polar surface area (TPSA) is 29.5 Å². The van der Waals surface area contributed by atoms with Crippen molar-refractivity contribution >= 4 is 6.09 Å². The Hall–Kier alpha value is -0.730. The molecule has 0 N–H and O–H groups in total. The molecule has 0 spiro atoms. The molecule has 0 atom stereocenters. The third-order valence-corrected chi connectivity index (χ3v) is 2.54. The molecule has 1 heterocycles. The zero-order valence-electron chi connectivity index (χ0n) is 8.42. The number of rotatable bonds is 0. The van der Waals surface area contributed by atoms with Crippen LogP contribution in [-0.2, 0) is 4.74 Å². The number of carbonyl (C=O) groups excluding carboxylic acids is 1.